The van der Waals surface area contributed by atoms with Crippen LogP contribution in [0, 0.1) is 35.5 Å². The van der Waals surface area contributed by atoms with Gasteiger partial charge in [0.15, 0.2) is 23.1 Å². The number of carbonyl (C=O) groups is 3. The second-order valence-corrected chi connectivity index (χ2v) is 16.6. The number of piperidine rings is 1. The number of nitrogens with zero attached hydrogens (tertiary/aromatic N) is 1. The van der Waals surface area contributed by atoms with Crippen LogP contribution in [0.5, 0.6) is 0 Å². The van der Waals surface area contributed by atoms with Gasteiger partial charge in [-0.3, -0.25) is 14.6 Å². The largest absolute Gasteiger partial charge is 0.463 e. The highest BCUT2D eigenvalue weighted by molar-refractivity contribution is 6.23. The van der Waals surface area contributed by atoms with E-state index in [1.807, 2.05) is 13.0 Å². The number of hydrogen-bond donors (Lipinski definition) is 5. The van der Waals surface area contributed by atoms with Crippen molar-refractivity contribution in [2.24, 2.45) is 52.0 Å². The lowest BCUT2D eigenvalue weighted by atomic mass is 9.61. The van der Waals surface area contributed by atoms with Gasteiger partial charge in [0.2, 0.25) is 0 Å². The van der Waals surface area contributed by atoms with Crippen LogP contribution >= 0.6 is 0 Å². The number of ether oxygens (including phenoxy) is 2. The van der Waals surface area contributed by atoms with E-state index in [1.54, 1.807) is 7.05 Å². The zero-order chi connectivity index (χ0) is 36.2. The second-order valence-electron chi connectivity index (χ2n) is 16.6. The third kappa shape index (κ3) is 8.02. The van der Waals surface area contributed by atoms with Crippen LogP contribution in [0.2, 0.25) is 0 Å². The Morgan fingerprint density at radius 1 is 1.08 bits per heavy atom. The zero-order valence-electron chi connectivity index (χ0n) is 31.3. The highest BCUT2D eigenvalue weighted by Crippen LogP contribution is 2.61. The number of fused-ring (bicyclic) bond motifs is 2. The van der Waals surface area contributed by atoms with Crippen LogP contribution in [0.1, 0.15) is 110 Å². The fourth-order valence-corrected chi connectivity index (χ4v) is 10.0. The summed E-state index contributed by atoms with van der Waals surface area (Å²) in [7, 11) is 1.66. The van der Waals surface area contributed by atoms with E-state index >= 15 is 0 Å². The van der Waals surface area contributed by atoms with Gasteiger partial charge in [-0.1, -0.05) is 62.8 Å². The molecule has 4 aliphatic carbocycles. The summed E-state index contributed by atoms with van der Waals surface area (Å²) < 4.78 is 12.4. The lowest BCUT2D eigenvalue weighted by Gasteiger charge is -2.37. The number of allylic oxidation sites excluding steroid dienone is 1. The SMILES string of the molecule is CC[C@H]1C=C[C@@H](NCC2CCCCC2)[C@H](COC(=O)[C@]23O[C@@]2(CC=C(C)C[C@@H](NC(N)=NC)C2CCNC(N)C2)C(=O)C2CCCCC2C3=O)C1. The normalized spacial score (nSPS) is 38.1. The highest BCUT2D eigenvalue weighted by Gasteiger charge is 2.86. The number of esters is 1. The predicted molar refractivity (Wildman–Crippen MR) is 199 cm³/mol. The molecule has 51 heavy (non-hydrogen) atoms. The standard InChI is InChI=1S/C40H64N6O5/c1-4-26-14-15-32(45-23-27-10-6-5-7-11-27)29(21-26)24-50-37(49)40-36(48)31-13-9-8-12-30(31)35(47)39(40,51-40)18-16-25(2)20-33(46-38(42)43-3)28-17-19-44-34(41)22-28/h14-16,26-34,44-45H,4-13,17-24,41H2,1-3H3,(H3,42,43,46)/t26-,28?,29-,30?,31?,32+,33+,34?,39-,40-/m0/s1. The molecule has 0 bridgehead atoms. The molecule has 11 nitrogen and oxygen atoms in total. The summed E-state index contributed by atoms with van der Waals surface area (Å²) in [5.41, 5.74) is 10.0. The van der Waals surface area contributed by atoms with Crippen molar-refractivity contribution in [3.05, 3.63) is 23.8 Å². The smallest absolute Gasteiger partial charge is 0.350 e. The Balaban J connectivity index is 1.18. The van der Waals surface area contributed by atoms with Crippen molar-refractivity contribution >= 4 is 23.5 Å². The summed E-state index contributed by atoms with van der Waals surface area (Å²) >= 11 is 0. The lowest BCUT2D eigenvalue weighted by molar-refractivity contribution is -0.160. The molecule has 6 aliphatic rings. The predicted octanol–water partition coefficient (Wildman–Crippen LogP) is 4.05. The molecule has 0 amide bonds. The number of rotatable bonds is 13. The molecule has 2 saturated heterocycles. The number of Topliss-reactive ketones (excluding diaryl/α,β-unsaturated/α-hetero) is 2. The van der Waals surface area contributed by atoms with E-state index in [0.717, 1.165) is 57.2 Å². The lowest BCUT2D eigenvalue weighted by Crippen LogP contribution is -2.58. The Hall–Kier alpha value is -2.60. The molecule has 2 aliphatic heterocycles. The molecule has 2 heterocycles. The molecule has 4 unspecified atom stereocenters. The number of epoxide rings is 1. The Bertz CT molecular complexity index is 1360. The maximum Gasteiger partial charge on any atom is 0.350 e. The molecule has 3 saturated carbocycles. The van der Waals surface area contributed by atoms with Crippen molar-refractivity contribution in [1.29, 1.82) is 0 Å². The van der Waals surface area contributed by atoms with Crippen LogP contribution in [0.4, 0.5) is 0 Å². The number of hydrogen-bond acceptors (Lipinski definition) is 9. The summed E-state index contributed by atoms with van der Waals surface area (Å²) in [5, 5.41) is 10.5. The van der Waals surface area contributed by atoms with Crippen LogP contribution < -0.4 is 27.4 Å². The first-order chi connectivity index (χ1) is 24.6. The van der Waals surface area contributed by atoms with Gasteiger partial charge < -0.3 is 36.9 Å². The second kappa shape index (κ2) is 16.6. The molecule has 0 aromatic heterocycles. The summed E-state index contributed by atoms with van der Waals surface area (Å²) in [6, 6.07) is 0.0951. The highest BCUT2D eigenvalue weighted by atomic mass is 16.7. The third-order valence-electron chi connectivity index (χ3n) is 13.3. The number of nitrogens with one attached hydrogen (secondary N) is 3. The van der Waals surface area contributed by atoms with Crippen molar-refractivity contribution in [3.8, 4) is 0 Å². The summed E-state index contributed by atoms with van der Waals surface area (Å²) in [5.74, 6) is -0.0922. The van der Waals surface area contributed by atoms with E-state index in [4.69, 9.17) is 20.9 Å². The van der Waals surface area contributed by atoms with E-state index in [0.29, 0.717) is 37.1 Å². The Kier molecular flexibility index (Phi) is 12.4. The molecule has 0 radical (unpaired) electrons. The van der Waals surface area contributed by atoms with E-state index in [1.165, 1.54) is 32.1 Å². The Morgan fingerprint density at radius 2 is 1.80 bits per heavy atom. The monoisotopic (exact) mass is 708 g/mol. The quantitative estimate of drug-likeness (QED) is 0.0469. The van der Waals surface area contributed by atoms with E-state index in [-0.39, 0.29) is 54.7 Å². The number of aliphatic imine (C=N–C) groups is 1. The van der Waals surface area contributed by atoms with Gasteiger partial charge in [0.05, 0.1) is 12.8 Å². The molecule has 284 valence electrons. The maximum absolute atomic E-state index is 14.4. The molecular formula is C40H64N6O5. The fraction of sp³-hybridized carbons (Fsp3) is 0.800. The zero-order valence-corrected chi connectivity index (χ0v) is 31.3. The van der Waals surface area contributed by atoms with E-state index in [2.05, 4.69) is 40.0 Å². The summed E-state index contributed by atoms with van der Waals surface area (Å²) in [6.45, 7) is 6.19. The van der Waals surface area contributed by atoms with Crippen molar-refractivity contribution < 1.29 is 23.9 Å². The molecule has 0 aromatic carbocycles. The van der Waals surface area contributed by atoms with Gasteiger partial charge in [0.25, 0.3) is 5.60 Å². The first-order valence-electron chi connectivity index (χ1n) is 20.1. The fourth-order valence-electron chi connectivity index (χ4n) is 10.0. The van der Waals surface area contributed by atoms with E-state index < -0.39 is 29.0 Å². The van der Waals surface area contributed by atoms with Crippen LogP contribution in [-0.4, -0.2) is 79.7 Å². The van der Waals surface area contributed by atoms with Crippen molar-refractivity contribution in [1.82, 2.24) is 16.0 Å². The Morgan fingerprint density at radius 3 is 2.51 bits per heavy atom. The van der Waals surface area contributed by atoms with Gasteiger partial charge >= 0.3 is 5.97 Å². The van der Waals surface area contributed by atoms with Crippen LogP contribution in [0.25, 0.3) is 0 Å². The first kappa shape index (κ1) is 38.1. The number of ketones is 2. The van der Waals surface area contributed by atoms with Gasteiger partial charge in [-0.05, 0) is 95.6 Å². The molecular weight excluding hydrogens is 644 g/mol. The topological polar surface area (TPSA) is 173 Å². The molecule has 6 rings (SSSR count). The van der Waals surface area contributed by atoms with Crippen LogP contribution in [0.15, 0.2) is 28.8 Å². The molecule has 11 heteroatoms. The first-order valence-corrected chi connectivity index (χ1v) is 20.1. The number of carbonyl (C=O) groups excluding carboxylic acids is 3. The number of nitrogens with two attached hydrogens (primary N) is 2. The van der Waals surface area contributed by atoms with E-state index in [9.17, 15) is 14.4 Å². The van der Waals surface area contributed by atoms with Gasteiger partial charge in [-0.15, -0.1) is 0 Å². The maximum atomic E-state index is 14.4. The minimum atomic E-state index is -1.86. The Labute approximate surface area is 304 Å². The minimum absolute atomic E-state index is 0.00647. The van der Waals surface area contributed by atoms with Crippen molar-refractivity contribution in [2.45, 2.75) is 140 Å². The van der Waals surface area contributed by atoms with Gasteiger partial charge in [-0.2, -0.15) is 0 Å². The molecule has 0 aromatic rings. The van der Waals surface area contributed by atoms with Crippen LogP contribution in [-0.2, 0) is 23.9 Å². The average molecular weight is 709 g/mol. The molecule has 5 fully saturated rings. The third-order valence-corrected chi connectivity index (χ3v) is 13.3. The van der Waals surface area contributed by atoms with Gasteiger partial charge in [0, 0.05) is 43.3 Å². The molecule has 7 N–H and O–H groups in total. The van der Waals surface area contributed by atoms with Crippen LogP contribution in [0.3, 0.4) is 0 Å². The summed E-state index contributed by atoms with van der Waals surface area (Å²) in [4.78, 5) is 47.1. The molecule has 10 atom stereocenters. The van der Waals surface area contributed by atoms with Gasteiger partial charge in [-0.25, -0.2) is 4.79 Å². The van der Waals surface area contributed by atoms with Gasteiger partial charge in [0.1, 0.15) is 0 Å². The van der Waals surface area contributed by atoms with Crippen molar-refractivity contribution in [3.63, 3.8) is 0 Å². The molecule has 0 spiro atoms. The van der Waals surface area contributed by atoms with Crippen molar-refractivity contribution in [2.75, 3.05) is 26.7 Å². The number of guanidine groups is 1. The summed E-state index contributed by atoms with van der Waals surface area (Å²) in [6.07, 6.45) is 20.4. The minimum Gasteiger partial charge on any atom is -0.463 e. The average Bonchev–Trinajstić information content (AvgIpc) is 3.86.